The van der Waals surface area contributed by atoms with E-state index >= 15 is 0 Å². The first kappa shape index (κ1) is 14.5. The van der Waals surface area contributed by atoms with Gasteiger partial charge in [-0.05, 0) is 49.8 Å². The minimum atomic E-state index is -0.307. The monoisotopic (exact) mass is 257 g/mol. The summed E-state index contributed by atoms with van der Waals surface area (Å²) in [4.78, 5) is 0. The van der Waals surface area contributed by atoms with Crippen LogP contribution in [0.25, 0.3) is 0 Å². The summed E-state index contributed by atoms with van der Waals surface area (Å²) in [7, 11) is 0. The molecule has 96 valence electrons. The Hall–Kier alpha value is -0.600. The van der Waals surface area contributed by atoms with Crippen LogP contribution in [-0.4, -0.2) is 6.04 Å². The van der Waals surface area contributed by atoms with Crippen LogP contribution >= 0.6 is 11.6 Å². The van der Waals surface area contributed by atoms with Crippen LogP contribution in [0, 0.1) is 12.7 Å². The first-order chi connectivity index (χ1) is 8.04. The Bertz CT molecular complexity index is 342. The van der Waals surface area contributed by atoms with E-state index in [1.807, 2.05) is 6.07 Å². The molecule has 0 saturated heterocycles. The topological polar surface area (TPSA) is 26.0 Å². The second-order valence-corrected chi connectivity index (χ2v) is 5.06. The van der Waals surface area contributed by atoms with E-state index in [2.05, 4.69) is 6.92 Å². The van der Waals surface area contributed by atoms with Crippen molar-refractivity contribution in [1.29, 1.82) is 0 Å². The van der Waals surface area contributed by atoms with Gasteiger partial charge in [-0.15, -0.1) is 0 Å². The third-order valence-electron chi connectivity index (χ3n) is 2.97. The Morgan fingerprint density at radius 3 is 2.65 bits per heavy atom. The van der Waals surface area contributed by atoms with Crippen molar-refractivity contribution in [3.8, 4) is 0 Å². The summed E-state index contributed by atoms with van der Waals surface area (Å²) in [6.45, 7) is 3.89. The van der Waals surface area contributed by atoms with E-state index in [0.29, 0.717) is 5.56 Å². The zero-order chi connectivity index (χ0) is 12.8. The van der Waals surface area contributed by atoms with Gasteiger partial charge in [0.25, 0.3) is 0 Å². The normalized spacial score (nSPS) is 12.8. The smallest absolute Gasteiger partial charge is 0.144 e. The average Bonchev–Trinajstić information content (AvgIpc) is 2.26. The summed E-state index contributed by atoms with van der Waals surface area (Å²) in [5.74, 6) is -0.307. The number of halogens is 2. The van der Waals surface area contributed by atoms with E-state index in [1.54, 1.807) is 13.0 Å². The molecule has 0 saturated carbocycles. The summed E-state index contributed by atoms with van der Waals surface area (Å²) in [5.41, 5.74) is 7.66. The molecule has 1 aromatic rings. The molecule has 0 unspecified atom stereocenters. The molecule has 0 aromatic heterocycles. The number of hydrogen-bond donors (Lipinski definition) is 1. The second kappa shape index (κ2) is 6.97. The second-order valence-electron chi connectivity index (χ2n) is 4.65. The Kier molecular flexibility index (Phi) is 5.93. The molecular formula is C14H21ClFN. The van der Waals surface area contributed by atoms with Gasteiger partial charge >= 0.3 is 0 Å². The van der Waals surface area contributed by atoms with Crippen LogP contribution in [0.15, 0.2) is 12.1 Å². The first-order valence-corrected chi connectivity index (χ1v) is 6.62. The quantitative estimate of drug-likeness (QED) is 0.811. The van der Waals surface area contributed by atoms with Crippen LogP contribution in [0.1, 0.15) is 43.7 Å². The highest BCUT2D eigenvalue weighted by atomic mass is 35.5. The van der Waals surface area contributed by atoms with Crippen molar-refractivity contribution >= 4 is 11.6 Å². The van der Waals surface area contributed by atoms with Crippen LogP contribution in [0.4, 0.5) is 4.39 Å². The molecular weight excluding hydrogens is 237 g/mol. The lowest BCUT2D eigenvalue weighted by Crippen LogP contribution is -2.19. The molecule has 0 spiro atoms. The lowest BCUT2D eigenvalue weighted by molar-refractivity contribution is 0.539. The van der Waals surface area contributed by atoms with Gasteiger partial charge in [0.15, 0.2) is 0 Å². The highest BCUT2D eigenvalue weighted by molar-refractivity contribution is 6.30. The SMILES string of the molecule is CCC[C@H](N)CCCc1cc(C)c(F)c(Cl)c1. The largest absolute Gasteiger partial charge is 0.328 e. The molecule has 0 aliphatic rings. The number of hydrogen-bond acceptors (Lipinski definition) is 1. The fourth-order valence-corrected chi connectivity index (χ4v) is 2.31. The molecule has 0 radical (unpaired) electrons. The van der Waals surface area contributed by atoms with Gasteiger partial charge in [0, 0.05) is 6.04 Å². The highest BCUT2D eigenvalue weighted by Gasteiger charge is 2.06. The van der Waals surface area contributed by atoms with Gasteiger partial charge in [-0.3, -0.25) is 0 Å². The van der Waals surface area contributed by atoms with Crippen LogP contribution in [0.5, 0.6) is 0 Å². The van der Waals surface area contributed by atoms with Crippen LogP contribution in [-0.2, 0) is 6.42 Å². The minimum Gasteiger partial charge on any atom is -0.328 e. The molecule has 1 atom stereocenters. The Morgan fingerprint density at radius 2 is 2.06 bits per heavy atom. The van der Waals surface area contributed by atoms with Crippen molar-refractivity contribution < 1.29 is 4.39 Å². The molecule has 1 aromatic carbocycles. The maximum absolute atomic E-state index is 13.3. The van der Waals surface area contributed by atoms with Crippen LogP contribution in [0.3, 0.4) is 0 Å². The highest BCUT2D eigenvalue weighted by Crippen LogP contribution is 2.21. The molecule has 3 heteroatoms. The van der Waals surface area contributed by atoms with Crippen molar-refractivity contribution in [3.63, 3.8) is 0 Å². The zero-order valence-electron chi connectivity index (χ0n) is 10.6. The Morgan fingerprint density at radius 1 is 1.35 bits per heavy atom. The van der Waals surface area contributed by atoms with Crippen molar-refractivity contribution in [2.24, 2.45) is 5.73 Å². The molecule has 2 N–H and O–H groups in total. The van der Waals surface area contributed by atoms with E-state index in [-0.39, 0.29) is 16.9 Å². The molecule has 17 heavy (non-hydrogen) atoms. The maximum atomic E-state index is 13.3. The van der Waals surface area contributed by atoms with Crippen molar-refractivity contribution in [2.45, 2.75) is 52.0 Å². The molecule has 1 nitrogen and oxygen atoms in total. The summed E-state index contributed by atoms with van der Waals surface area (Å²) in [5, 5.41) is 0.220. The number of benzene rings is 1. The molecule has 0 bridgehead atoms. The maximum Gasteiger partial charge on any atom is 0.144 e. The predicted molar refractivity (Wildman–Crippen MR) is 72.0 cm³/mol. The van der Waals surface area contributed by atoms with Gasteiger partial charge in [0.1, 0.15) is 5.82 Å². The van der Waals surface area contributed by atoms with Gasteiger partial charge in [-0.2, -0.15) is 0 Å². The number of aryl methyl sites for hydroxylation is 2. The Balaban J connectivity index is 2.47. The predicted octanol–water partition coefficient (Wildman–Crippen LogP) is 4.24. The summed E-state index contributed by atoms with van der Waals surface area (Å²) in [6, 6.07) is 3.87. The van der Waals surface area contributed by atoms with E-state index in [9.17, 15) is 4.39 Å². The fourth-order valence-electron chi connectivity index (χ4n) is 2.03. The molecule has 1 rings (SSSR count). The van der Waals surface area contributed by atoms with Gasteiger partial charge in [-0.1, -0.05) is 31.0 Å². The van der Waals surface area contributed by atoms with E-state index in [4.69, 9.17) is 17.3 Å². The molecule has 0 aliphatic heterocycles. The van der Waals surface area contributed by atoms with E-state index in [0.717, 1.165) is 37.7 Å². The van der Waals surface area contributed by atoms with Crippen molar-refractivity contribution in [1.82, 2.24) is 0 Å². The van der Waals surface area contributed by atoms with Gasteiger partial charge < -0.3 is 5.73 Å². The lowest BCUT2D eigenvalue weighted by Gasteiger charge is -2.10. The van der Waals surface area contributed by atoms with Gasteiger partial charge in [0.2, 0.25) is 0 Å². The number of nitrogens with two attached hydrogens (primary N) is 1. The summed E-state index contributed by atoms with van der Waals surface area (Å²) < 4.78 is 13.3. The molecule has 0 amide bonds. The summed E-state index contributed by atoms with van der Waals surface area (Å²) >= 11 is 5.81. The van der Waals surface area contributed by atoms with E-state index in [1.165, 1.54) is 0 Å². The lowest BCUT2D eigenvalue weighted by atomic mass is 10.0. The third-order valence-corrected chi connectivity index (χ3v) is 3.24. The van der Waals surface area contributed by atoms with Gasteiger partial charge in [0.05, 0.1) is 5.02 Å². The molecule has 0 fully saturated rings. The van der Waals surface area contributed by atoms with Crippen molar-refractivity contribution in [2.75, 3.05) is 0 Å². The molecule has 0 aliphatic carbocycles. The summed E-state index contributed by atoms with van der Waals surface area (Å²) in [6.07, 6.45) is 5.16. The molecule has 0 heterocycles. The Labute approximate surface area is 108 Å². The first-order valence-electron chi connectivity index (χ1n) is 6.24. The van der Waals surface area contributed by atoms with Crippen LogP contribution in [0.2, 0.25) is 5.02 Å². The zero-order valence-corrected chi connectivity index (χ0v) is 11.4. The fraction of sp³-hybridized carbons (Fsp3) is 0.571. The van der Waals surface area contributed by atoms with E-state index < -0.39 is 0 Å². The van der Waals surface area contributed by atoms with Crippen molar-refractivity contribution in [3.05, 3.63) is 34.1 Å². The third kappa shape index (κ3) is 4.64. The minimum absolute atomic E-state index is 0.220. The van der Waals surface area contributed by atoms with Gasteiger partial charge in [-0.25, -0.2) is 4.39 Å². The van der Waals surface area contributed by atoms with Crippen LogP contribution < -0.4 is 5.73 Å². The average molecular weight is 258 g/mol. The number of rotatable bonds is 6. The standard InChI is InChI=1S/C14H21ClFN/c1-3-5-12(17)7-4-6-11-8-10(2)14(16)13(15)9-11/h8-9,12H,3-7,17H2,1-2H3/t12-/m0/s1.